The quantitative estimate of drug-likeness (QED) is 0.897. The number of fused-ring (bicyclic) bond motifs is 1. The van der Waals surface area contributed by atoms with E-state index in [-0.39, 0.29) is 12.2 Å². The van der Waals surface area contributed by atoms with Gasteiger partial charge in [0.2, 0.25) is 10.0 Å². The molecular weight excluding hydrogens is 318 g/mol. The van der Waals surface area contributed by atoms with E-state index in [9.17, 15) is 13.2 Å². The lowest BCUT2D eigenvalue weighted by atomic mass is 10.0. The molecule has 0 aliphatic carbocycles. The third kappa shape index (κ3) is 3.41. The van der Waals surface area contributed by atoms with E-state index in [2.05, 4.69) is 0 Å². The molecule has 0 bridgehead atoms. The minimum absolute atomic E-state index is 0.251. The van der Waals surface area contributed by atoms with E-state index in [1.165, 1.54) is 0 Å². The van der Waals surface area contributed by atoms with Gasteiger partial charge >= 0.3 is 5.97 Å². The number of sulfonamides is 1. The van der Waals surface area contributed by atoms with Crippen LogP contribution < -0.4 is 0 Å². The van der Waals surface area contributed by atoms with Crippen LogP contribution in [0.4, 0.5) is 0 Å². The molecule has 2 aliphatic rings. The van der Waals surface area contributed by atoms with Crippen LogP contribution in [0.5, 0.6) is 0 Å². The molecule has 0 spiro atoms. The second kappa shape index (κ2) is 6.59. The maximum atomic E-state index is 12.8. The Hall–Kier alpha value is -1.44. The summed E-state index contributed by atoms with van der Waals surface area (Å²) in [7, 11) is -3.36. The van der Waals surface area contributed by atoms with Crippen LogP contribution in [-0.2, 0) is 27.6 Å². The molecule has 1 atom stereocenters. The van der Waals surface area contributed by atoms with Crippen LogP contribution in [0.15, 0.2) is 18.2 Å². The molecule has 1 fully saturated rings. The highest BCUT2D eigenvalue weighted by molar-refractivity contribution is 7.89. The number of carbonyl (C=O) groups is 1. The Morgan fingerprint density at radius 3 is 2.61 bits per heavy atom. The number of carboxylic acids is 1. The number of ether oxygens (including phenoxy) is 1. The van der Waals surface area contributed by atoms with E-state index >= 15 is 0 Å². The maximum absolute atomic E-state index is 12.8. The highest BCUT2D eigenvalue weighted by Crippen LogP contribution is 2.23. The third-order valence-corrected chi connectivity index (χ3v) is 6.91. The number of hydrogen-bond acceptors (Lipinski definition) is 4. The summed E-state index contributed by atoms with van der Waals surface area (Å²) in [5, 5.41) is 8.64. The van der Waals surface area contributed by atoms with Crippen molar-refractivity contribution in [3.63, 3.8) is 0 Å². The number of carboxylic acid groups (broad SMARTS) is 1. The Labute approximate surface area is 136 Å². The Morgan fingerprint density at radius 1 is 1.22 bits per heavy atom. The van der Waals surface area contributed by atoms with Gasteiger partial charge in [-0.15, -0.1) is 0 Å². The van der Waals surface area contributed by atoms with Gasteiger partial charge in [-0.1, -0.05) is 6.07 Å². The molecule has 1 N–H and O–H groups in total. The minimum atomic E-state index is -3.36. The summed E-state index contributed by atoms with van der Waals surface area (Å²) in [4.78, 5) is 11.1. The molecule has 1 unspecified atom stereocenters. The van der Waals surface area contributed by atoms with Gasteiger partial charge in [-0.3, -0.25) is 0 Å². The van der Waals surface area contributed by atoms with Crippen LogP contribution in [0.3, 0.4) is 0 Å². The Kier molecular flexibility index (Phi) is 4.70. The number of nitrogens with zero attached hydrogens (tertiary/aromatic N) is 1. The van der Waals surface area contributed by atoms with E-state index in [0.29, 0.717) is 39.0 Å². The molecule has 2 aliphatic heterocycles. The molecule has 0 radical (unpaired) electrons. The van der Waals surface area contributed by atoms with Crippen LogP contribution in [0.2, 0.25) is 0 Å². The SMILES string of the molecule is O=C(O)c1ccc2c(c1)CCN(S(=O)(=O)C1CCCOC1)CC2. The van der Waals surface area contributed by atoms with Gasteiger partial charge in [0.05, 0.1) is 17.4 Å². The molecule has 7 heteroatoms. The first-order chi connectivity index (χ1) is 11.0. The van der Waals surface area contributed by atoms with Crippen molar-refractivity contribution in [3.8, 4) is 0 Å². The van der Waals surface area contributed by atoms with Gasteiger partial charge in [-0.2, -0.15) is 0 Å². The average molecular weight is 339 g/mol. The fourth-order valence-corrected chi connectivity index (χ4v) is 5.09. The van der Waals surface area contributed by atoms with Gasteiger partial charge in [-0.05, 0) is 48.9 Å². The molecule has 126 valence electrons. The Bertz CT molecular complexity index is 694. The average Bonchev–Trinajstić information content (AvgIpc) is 2.77. The molecule has 1 aromatic rings. The zero-order valence-electron chi connectivity index (χ0n) is 12.9. The molecule has 3 rings (SSSR count). The Morgan fingerprint density at radius 2 is 1.96 bits per heavy atom. The van der Waals surface area contributed by atoms with Gasteiger partial charge < -0.3 is 9.84 Å². The second-order valence-electron chi connectivity index (χ2n) is 6.07. The molecule has 23 heavy (non-hydrogen) atoms. The van der Waals surface area contributed by atoms with Crippen LogP contribution in [0, 0.1) is 0 Å². The van der Waals surface area contributed by atoms with E-state index in [1.54, 1.807) is 22.5 Å². The summed E-state index contributed by atoms with van der Waals surface area (Å²) in [5.74, 6) is -0.958. The first-order valence-corrected chi connectivity index (χ1v) is 9.40. The third-order valence-electron chi connectivity index (χ3n) is 4.61. The highest BCUT2D eigenvalue weighted by Gasteiger charge is 2.34. The molecular formula is C16H21NO5S. The summed E-state index contributed by atoms with van der Waals surface area (Å²) in [6.45, 7) is 1.75. The van der Waals surface area contributed by atoms with Crippen LogP contribution in [0.25, 0.3) is 0 Å². The predicted octanol–water partition coefficient (Wildman–Crippen LogP) is 1.29. The van der Waals surface area contributed by atoms with Crippen molar-refractivity contribution >= 4 is 16.0 Å². The van der Waals surface area contributed by atoms with Crippen LogP contribution >= 0.6 is 0 Å². The number of benzene rings is 1. The topological polar surface area (TPSA) is 83.9 Å². The fourth-order valence-electron chi connectivity index (χ4n) is 3.25. The van der Waals surface area contributed by atoms with Gasteiger partial charge in [0.1, 0.15) is 0 Å². The summed E-state index contributed by atoms with van der Waals surface area (Å²) in [5.41, 5.74) is 2.22. The van der Waals surface area contributed by atoms with Crippen LogP contribution in [0.1, 0.15) is 34.3 Å². The lowest BCUT2D eigenvalue weighted by molar-refractivity contribution is 0.0696. The van der Waals surface area contributed by atoms with Crippen molar-refractivity contribution in [2.24, 2.45) is 0 Å². The minimum Gasteiger partial charge on any atom is -0.478 e. The fraction of sp³-hybridized carbons (Fsp3) is 0.562. The van der Waals surface area contributed by atoms with E-state index in [1.807, 2.05) is 0 Å². The first kappa shape index (κ1) is 16.4. The predicted molar refractivity (Wildman–Crippen MR) is 85.1 cm³/mol. The highest BCUT2D eigenvalue weighted by atomic mass is 32.2. The van der Waals surface area contributed by atoms with E-state index in [0.717, 1.165) is 17.5 Å². The summed E-state index contributed by atoms with van der Waals surface area (Å²) in [6, 6.07) is 5.05. The molecule has 0 saturated carbocycles. The van der Waals surface area contributed by atoms with Gasteiger partial charge in [-0.25, -0.2) is 17.5 Å². The van der Waals surface area contributed by atoms with Crippen molar-refractivity contribution < 1.29 is 23.1 Å². The van der Waals surface area contributed by atoms with Crippen molar-refractivity contribution in [2.75, 3.05) is 26.3 Å². The normalized spacial score (nSPS) is 23.0. The molecule has 6 nitrogen and oxygen atoms in total. The Balaban J connectivity index is 1.77. The van der Waals surface area contributed by atoms with Gasteiger partial charge in [0.15, 0.2) is 0 Å². The zero-order chi connectivity index (χ0) is 16.4. The summed E-state index contributed by atoms with van der Waals surface area (Å²) < 4.78 is 32.4. The van der Waals surface area contributed by atoms with E-state index in [4.69, 9.17) is 9.84 Å². The lowest BCUT2D eigenvalue weighted by Gasteiger charge is -2.28. The smallest absolute Gasteiger partial charge is 0.335 e. The molecule has 1 saturated heterocycles. The molecule has 0 aromatic heterocycles. The van der Waals surface area contributed by atoms with Gasteiger partial charge in [0.25, 0.3) is 0 Å². The molecule has 0 amide bonds. The number of hydrogen-bond donors (Lipinski definition) is 1. The van der Waals surface area contributed by atoms with Crippen LogP contribution in [-0.4, -0.2) is 55.4 Å². The first-order valence-electron chi connectivity index (χ1n) is 7.90. The van der Waals surface area contributed by atoms with Crippen molar-refractivity contribution in [1.29, 1.82) is 0 Å². The zero-order valence-corrected chi connectivity index (χ0v) is 13.7. The van der Waals surface area contributed by atoms with Crippen molar-refractivity contribution in [1.82, 2.24) is 4.31 Å². The summed E-state index contributed by atoms with van der Waals surface area (Å²) in [6.07, 6.45) is 2.58. The summed E-state index contributed by atoms with van der Waals surface area (Å²) >= 11 is 0. The largest absolute Gasteiger partial charge is 0.478 e. The standard InChI is InChI=1S/C16H21NO5S/c18-16(19)14-4-3-12-5-7-17(8-6-13(12)10-14)23(20,21)15-2-1-9-22-11-15/h3-4,10,15H,1-2,5-9,11H2,(H,18,19). The number of rotatable bonds is 3. The molecule has 2 heterocycles. The van der Waals surface area contributed by atoms with Crippen molar-refractivity contribution in [3.05, 3.63) is 34.9 Å². The second-order valence-corrected chi connectivity index (χ2v) is 8.28. The maximum Gasteiger partial charge on any atom is 0.335 e. The number of aromatic carboxylic acids is 1. The van der Waals surface area contributed by atoms with Gasteiger partial charge in [0, 0.05) is 19.7 Å². The van der Waals surface area contributed by atoms with E-state index < -0.39 is 21.2 Å². The van der Waals surface area contributed by atoms with Crippen molar-refractivity contribution in [2.45, 2.75) is 30.9 Å². The lowest BCUT2D eigenvalue weighted by Crippen LogP contribution is -2.43. The molecule has 1 aromatic carbocycles. The monoisotopic (exact) mass is 339 g/mol.